The van der Waals surface area contributed by atoms with E-state index in [0.29, 0.717) is 23.3 Å². The van der Waals surface area contributed by atoms with Crippen molar-refractivity contribution in [3.05, 3.63) is 281 Å². The third-order valence-electron chi connectivity index (χ3n) is 18.0. The summed E-state index contributed by atoms with van der Waals surface area (Å²) in [5.74, 6) is 2.67. The number of hydrogen-bond acceptors (Lipinski definition) is 4. The van der Waals surface area contributed by atoms with Gasteiger partial charge in [0.15, 0.2) is 0 Å². The number of aromatic nitrogens is 2. The van der Waals surface area contributed by atoms with Gasteiger partial charge in [0, 0.05) is 77.6 Å². The molecule has 0 N–H and O–H groups in total. The molecule has 0 fully saturated rings. The second-order valence-corrected chi connectivity index (χ2v) is 26.2. The van der Waals surface area contributed by atoms with Gasteiger partial charge in [-0.25, -0.2) is 4.98 Å². The summed E-state index contributed by atoms with van der Waals surface area (Å²) in [4.78, 5) is 9.74. The van der Waals surface area contributed by atoms with E-state index in [1.54, 1.807) is 0 Å². The third-order valence-corrected chi connectivity index (χ3v) is 18.0. The van der Waals surface area contributed by atoms with Crippen LogP contribution in [-0.4, -0.2) is 9.55 Å². The molecule has 0 aliphatic carbocycles. The van der Waals surface area contributed by atoms with E-state index in [1.165, 1.54) is 61.2 Å². The third kappa shape index (κ3) is 11.0. The van der Waals surface area contributed by atoms with E-state index in [9.17, 15) is 0 Å². The molecule has 0 amide bonds. The zero-order chi connectivity index (χ0) is 58.9. The number of pyridine rings is 1. The van der Waals surface area contributed by atoms with Crippen molar-refractivity contribution < 1.29 is 25.8 Å². The number of rotatable bonds is 14. The van der Waals surface area contributed by atoms with Crippen LogP contribution in [0, 0.1) is 18.8 Å². The van der Waals surface area contributed by atoms with E-state index in [4.69, 9.17) is 9.72 Å². The Hall–Kier alpha value is -7.98. The SMILES string of the molecule is CC(C)c1cccc(C(C)C)c1-c1ccc2c(c1)N(c1[c-]c(Oc3[c-]c4c(cc3)c3cc(C(C)(C)C)ccc3n4-c3cc(C(C)(C)c4ccccc4)ccn3)ccc1)[CH-]N2c1cc(C(C)(C)c2ccccc2)cc(C(C)(C)c2ccccc2)c1.[Pt]. The van der Waals surface area contributed by atoms with Crippen molar-refractivity contribution in [2.45, 2.75) is 124 Å². The Labute approximate surface area is 519 Å². The number of ether oxygens (including phenoxy) is 1. The van der Waals surface area contributed by atoms with Crippen LogP contribution in [0.3, 0.4) is 0 Å². The maximum Gasteiger partial charge on any atom is 0.135 e. The van der Waals surface area contributed by atoms with Gasteiger partial charge in [-0.2, -0.15) is 12.1 Å². The summed E-state index contributed by atoms with van der Waals surface area (Å²) in [6, 6.07) is 82.8. The van der Waals surface area contributed by atoms with Crippen LogP contribution in [0.4, 0.5) is 22.7 Å². The van der Waals surface area contributed by atoms with Gasteiger partial charge in [0.25, 0.3) is 0 Å². The molecule has 85 heavy (non-hydrogen) atoms. The van der Waals surface area contributed by atoms with Crippen LogP contribution in [0.15, 0.2) is 212 Å². The molecule has 0 saturated carbocycles. The largest absolute Gasteiger partial charge is 0.509 e. The van der Waals surface area contributed by atoms with E-state index < -0.39 is 0 Å². The summed E-state index contributed by atoms with van der Waals surface area (Å²) in [5.41, 5.74) is 19.0. The molecule has 0 saturated heterocycles. The molecule has 0 atom stereocenters. The molecule has 12 rings (SSSR count). The molecular formula is C79H77N4OPt-3. The first-order valence-corrected chi connectivity index (χ1v) is 29.9. The summed E-state index contributed by atoms with van der Waals surface area (Å²) < 4.78 is 9.21. The van der Waals surface area contributed by atoms with Crippen LogP contribution in [-0.2, 0) is 42.7 Å². The van der Waals surface area contributed by atoms with Crippen LogP contribution in [0.25, 0.3) is 38.8 Å². The molecule has 9 aromatic carbocycles. The zero-order valence-electron chi connectivity index (χ0n) is 51.5. The average Bonchev–Trinajstić information content (AvgIpc) is 2.42. The van der Waals surface area contributed by atoms with Gasteiger partial charge in [0.05, 0.1) is 0 Å². The molecule has 0 radical (unpaired) electrons. The second-order valence-electron chi connectivity index (χ2n) is 26.2. The van der Waals surface area contributed by atoms with Gasteiger partial charge >= 0.3 is 0 Å². The quantitative estimate of drug-likeness (QED) is 0.102. The van der Waals surface area contributed by atoms with Crippen LogP contribution in [0.2, 0.25) is 0 Å². The minimum absolute atomic E-state index is 0. The van der Waals surface area contributed by atoms with Gasteiger partial charge in [0.2, 0.25) is 0 Å². The van der Waals surface area contributed by atoms with Crippen molar-refractivity contribution in [2.75, 3.05) is 9.80 Å². The summed E-state index contributed by atoms with van der Waals surface area (Å²) in [5, 5.41) is 2.23. The molecule has 5 nitrogen and oxygen atoms in total. The summed E-state index contributed by atoms with van der Waals surface area (Å²) in [6.07, 6.45) is 1.94. The van der Waals surface area contributed by atoms with Gasteiger partial charge in [-0.3, -0.25) is 0 Å². The molecule has 3 heterocycles. The second kappa shape index (κ2) is 22.8. The molecule has 0 unspecified atom stereocenters. The van der Waals surface area contributed by atoms with Crippen molar-refractivity contribution in [1.29, 1.82) is 0 Å². The Balaban J connectivity index is 0.00000752. The summed E-state index contributed by atoms with van der Waals surface area (Å²) in [7, 11) is 0. The predicted octanol–water partition coefficient (Wildman–Crippen LogP) is 21.2. The van der Waals surface area contributed by atoms with Crippen molar-refractivity contribution in [1.82, 2.24) is 9.55 Å². The van der Waals surface area contributed by atoms with Crippen LogP contribution >= 0.6 is 0 Å². The first-order valence-electron chi connectivity index (χ1n) is 29.9. The molecule has 2 aromatic heterocycles. The smallest absolute Gasteiger partial charge is 0.135 e. The summed E-state index contributed by atoms with van der Waals surface area (Å²) >= 11 is 0. The number of anilines is 4. The number of hydrogen-bond donors (Lipinski definition) is 0. The van der Waals surface area contributed by atoms with Crippen molar-refractivity contribution >= 4 is 44.6 Å². The molecule has 0 spiro atoms. The van der Waals surface area contributed by atoms with E-state index in [2.05, 4.69) is 317 Å². The fourth-order valence-electron chi connectivity index (χ4n) is 12.5. The molecule has 1 aliphatic heterocycles. The summed E-state index contributed by atoms with van der Waals surface area (Å²) in [6.45, 7) is 32.2. The maximum atomic E-state index is 6.96. The Morgan fingerprint density at radius 2 is 1.01 bits per heavy atom. The monoisotopic (exact) mass is 1290 g/mol. The topological polar surface area (TPSA) is 33.5 Å². The molecular weight excluding hydrogens is 1220 g/mol. The van der Waals surface area contributed by atoms with Crippen LogP contribution in [0.5, 0.6) is 11.5 Å². The van der Waals surface area contributed by atoms with E-state index in [-0.39, 0.29) is 42.7 Å². The fourth-order valence-corrected chi connectivity index (χ4v) is 12.5. The van der Waals surface area contributed by atoms with Gasteiger partial charge in [-0.15, -0.1) is 48.1 Å². The van der Waals surface area contributed by atoms with E-state index >= 15 is 0 Å². The first-order chi connectivity index (χ1) is 40.2. The Bertz CT molecular complexity index is 4130. The normalized spacial score (nSPS) is 13.0. The molecule has 6 heteroatoms. The molecule has 432 valence electrons. The minimum Gasteiger partial charge on any atom is -0.509 e. The van der Waals surface area contributed by atoms with Gasteiger partial charge in [-0.05, 0) is 126 Å². The standard InChI is InChI=1S/C79H77N4O.Pt/c1-52(2)66-33-24-34-67(53(3)4)75(66)54-35-39-71-73(43-54)81(51-82(71)63-45-60(78(10,11)56-27-19-15-20-28-56)44-61(46-63)79(12,13)57-29-21-16-22-30-57)62-31-23-32-64(49-62)84-65-37-38-68-69-47-58(76(5,6)7)36-40-70(69)83(72(68)50-65)74-48-59(41-42-80-74)77(8,9)55-25-17-14-18-26-55;/h14-48,51-53H,1-13H3;/q-3;. The van der Waals surface area contributed by atoms with Crippen molar-refractivity contribution in [3.8, 4) is 28.4 Å². The predicted molar refractivity (Wildman–Crippen MR) is 352 cm³/mol. The Morgan fingerprint density at radius 3 is 1.59 bits per heavy atom. The number of fused-ring (bicyclic) bond motifs is 4. The number of benzene rings is 9. The molecule has 0 bridgehead atoms. The van der Waals surface area contributed by atoms with Crippen LogP contribution in [0.1, 0.15) is 152 Å². The average molecular weight is 1290 g/mol. The van der Waals surface area contributed by atoms with Gasteiger partial charge in [-0.1, -0.05) is 229 Å². The van der Waals surface area contributed by atoms with Crippen molar-refractivity contribution in [2.24, 2.45) is 0 Å². The zero-order valence-corrected chi connectivity index (χ0v) is 53.7. The molecule has 1 aliphatic rings. The van der Waals surface area contributed by atoms with Gasteiger partial charge in [0.1, 0.15) is 5.82 Å². The Kier molecular flexibility index (Phi) is 15.8. The maximum absolute atomic E-state index is 6.96. The van der Waals surface area contributed by atoms with Crippen LogP contribution < -0.4 is 14.5 Å². The number of nitrogens with zero attached hydrogens (tertiary/aromatic N) is 4. The van der Waals surface area contributed by atoms with Crippen molar-refractivity contribution in [3.63, 3.8) is 0 Å². The molecule has 11 aromatic rings. The van der Waals surface area contributed by atoms with Gasteiger partial charge < -0.3 is 19.1 Å². The Morgan fingerprint density at radius 1 is 0.447 bits per heavy atom. The first kappa shape index (κ1) is 58.8. The van der Waals surface area contributed by atoms with E-state index in [1.807, 2.05) is 18.3 Å². The fraction of sp³-hybridized carbons (Fsp3) is 0.241. The van der Waals surface area contributed by atoms with E-state index in [0.717, 1.165) is 50.4 Å². The minimum atomic E-state index is -0.304.